The summed E-state index contributed by atoms with van der Waals surface area (Å²) in [4.78, 5) is 46.3. The molecule has 0 aromatic heterocycles. The van der Waals surface area contributed by atoms with Crippen LogP contribution >= 0.6 is 0 Å². The number of halogens is 1. The fourth-order valence-corrected chi connectivity index (χ4v) is 9.59. The lowest BCUT2D eigenvalue weighted by atomic mass is 9.78. The SMILES string of the molecule is Cc1c(F)cccc1[C@@H]1OCc2cc(O)ccc2[C@@H]1c1ccc(N2CCC(CN3CCN(c4ccc5c(c4)CN([C@H]4CCC(=O)NC4=O)C5=O)CC3)CC2)cc1. The van der Waals surface area contributed by atoms with Crippen molar-refractivity contribution in [3.05, 3.63) is 124 Å². The van der Waals surface area contributed by atoms with Crippen LogP contribution in [0.2, 0.25) is 0 Å². The Balaban J connectivity index is 0.791. The van der Waals surface area contributed by atoms with Gasteiger partial charge >= 0.3 is 0 Å². The Kier molecular flexibility index (Phi) is 9.75. The molecule has 3 atom stereocenters. The van der Waals surface area contributed by atoms with Gasteiger partial charge in [-0.25, -0.2) is 4.39 Å². The zero-order valence-corrected chi connectivity index (χ0v) is 31.8. The number of nitrogens with one attached hydrogen (secondary N) is 1. The van der Waals surface area contributed by atoms with Gasteiger partial charge in [0.25, 0.3) is 5.91 Å². The summed E-state index contributed by atoms with van der Waals surface area (Å²) < 4.78 is 21.1. The average molecular weight is 758 g/mol. The van der Waals surface area contributed by atoms with Crippen molar-refractivity contribution in [2.24, 2.45) is 5.92 Å². The summed E-state index contributed by atoms with van der Waals surface area (Å²) in [6.45, 7) is 9.50. The lowest BCUT2D eigenvalue weighted by molar-refractivity contribution is -0.136. The molecule has 3 fully saturated rings. The van der Waals surface area contributed by atoms with Crippen LogP contribution < -0.4 is 15.1 Å². The van der Waals surface area contributed by atoms with Crippen LogP contribution in [-0.4, -0.2) is 84.5 Å². The summed E-state index contributed by atoms with van der Waals surface area (Å²) in [7, 11) is 0. The van der Waals surface area contributed by atoms with Crippen molar-refractivity contribution >= 4 is 29.1 Å². The van der Waals surface area contributed by atoms with Crippen molar-refractivity contribution in [1.29, 1.82) is 0 Å². The number of rotatable bonds is 7. The van der Waals surface area contributed by atoms with E-state index in [1.165, 1.54) is 11.8 Å². The Morgan fingerprint density at radius 3 is 2.32 bits per heavy atom. The van der Waals surface area contributed by atoms with E-state index in [4.69, 9.17) is 4.74 Å². The van der Waals surface area contributed by atoms with Crippen LogP contribution in [0.4, 0.5) is 15.8 Å². The highest BCUT2D eigenvalue weighted by Gasteiger charge is 2.40. The van der Waals surface area contributed by atoms with Crippen LogP contribution in [0.1, 0.15) is 81.4 Å². The molecule has 5 heterocycles. The number of imide groups is 1. The van der Waals surface area contributed by atoms with Crippen LogP contribution in [0.5, 0.6) is 5.75 Å². The Bertz CT molecular complexity index is 2160. The Labute approximate surface area is 326 Å². The second kappa shape index (κ2) is 15.0. The lowest BCUT2D eigenvalue weighted by Gasteiger charge is -2.40. The molecule has 0 aliphatic carbocycles. The molecule has 0 spiro atoms. The zero-order chi connectivity index (χ0) is 38.5. The number of hydrogen-bond donors (Lipinski definition) is 2. The highest BCUT2D eigenvalue weighted by Crippen LogP contribution is 2.47. The fourth-order valence-electron chi connectivity index (χ4n) is 9.59. The molecule has 10 nitrogen and oxygen atoms in total. The van der Waals surface area contributed by atoms with Gasteiger partial charge in [0.15, 0.2) is 0 Å². The number of fused-ring (bicyclic) bond motifs is 2. The second-order valence-corrected chi connectivity index (χ2v) is 16.1. The van der Waals surface area contributed by atoms with E-state index in [2.05, 4.69) is 50.3 Å². The number of phenolic OH excluding ortho intramolecular Hbond substituents is 1. The van der Waals surface area contributed by atoms with E-state index in [1.807, 2.05) is 31.2 Å². The highest BCUT2D eigenvalue weighted by atomic mass is 19.1. The number of anilines is 2. The number of carbonyl (C=O) groups is 3. The lowest BCUT2D eigenvalue weighted by Crippen LogP contribution is -2.52. The molecule has 0 saturated carbocycles. The maximum Gasteiger partial charge on any atom is 0.255 e. The standard InChI is InChI=1S/C45H48FN5O5/c1-28-36(3-2-4-39(28)46)43-42(37-12-10-35(52)24-32(37)27-56-43)30-5-7-33(8-6-30)49-17-15-29(16-18-49)25-48-19-21-50(22-20-48)34-9-11-38-31(23-34)26-51(45(38)55)40-13-14-41(53)47-44(40)54/h2-12,23-24,29,40,42-43,52H,13-22,25-27H2,1H3,(H,47,53,54)/t40-,42-,43-/m0/s1. The van der Waals surface area contributed by atoms with E-state index in [9.17, 15) is 23.9 Å². The van der Waals surface area contributed by atoms with Crippen molar-refractivity contribution in [2.75, 3.05) is 55.6 Å². The van der Waals surface area contributed by atoms with Crippen LogP contribution in [0.25, 0.3) is 0 Å². The molecule has 11 heteroatoms. The molecule has 4 aromatic rings. The molecular formula is C45H48FN5O5. The van der Waals surface area contributed by atoms with E-state index in [0.29, 0.717) is 36.6 Å². The molecule has 0 bridgehead atoms. The van der Waals surface area contributed by atoms with Gasteiger partial charge in [0, 0.05) is 81.6 Å². The molecule has 3 amide bonds. The summed E-state index contributed by atoms with van der Waals surface area (Å²) >= 11 is 0. The number of ether oxygens (including phenoxy) is 1. The molecule has 5 aliphatic heterocycles. The van der Waals surface area contributed by atoms with E-state index in [1.54, 1.807) is 23.1 Å². The van der Waals surface area contributed by atoms with Gasteiger partial charge in [0.2, 0.25) is 11.8 Å². The van der Waals surface area contributed by atoms with Gasteiger partial charge < -0.3 is 24.5 Å². The third-order valence-electron chi connectivity index (χ3n) is 12.8. The number of phenols is 1. The minimum Gasteiger partial charge on any atom is -0.508 e. The molecule has 290 valence electrons. The van der Waals surface area contributed by atoms with Crippen molar-refractivity contribution in [3.8, 4) is 5.75 Å². The topological polar surface area (TPSA) is 106 Å². The number of aromatic hydroxyl groups is 1. The molecular weight excluding hydrogens is 710 g/mol. The number of piperazine rings is 1. The number of nitrogens with zero attached hydrogens (tertiary/aromatic N) is 4. The van der Waals surface area contributed by atoms with Gasteiger partial charge in [-0.05, 0) is 114 Å². The van der Waals surface area contributed by atoms with E-state index < -0.39 is 6.04 Å². The average Bonchev–Trinajstić information content (AvgIpc) is 3.54. The monoisotopic (exact) mass is 757 g/mol. The molecule has 0 radical (unpaired) electrons. The number of hydrogen-bond acceptors (Lipinski definition) is 8. The van der Waals surface area contributed by atoms with E-state index >= 15 is 0 Å². The number of carbonyl (C=O) groups excluding carboxylic acids is 3. The maximum atomic E-state index is 14.7. The summed E-state index contributed by atoms with van der Waals surface area (Å²) in [6, 6.07) is 24.9. The number of benzene rings is 4. The van der Waals surface area contributed by atoms with Gasteiger partial charge in [-0.3, -0.25) is 24.6 Å². The first-order valence-corrected chi connectivity index (χ1v) is 20.0. The zero-order valence-electron chi connectivity index (χ0n) is 31.8. The minimum atomic E-state index is -0.600. The number of amides is 3. The first-order valence-electron chi connectivity index (χ1n) is 20.0. The summed E-state index contributed by atoms with van der Waals surface area (Å²) in [5.74, 6) is -0.313. The third kappa shape index (κ3) is 6.92. The molecule has 4 aromatic carbocycles. The Morgan fingerprint density at radius 2 is 1.55 bits per heavy atom. The van der Waals surface area contributed by atoms with Gasteiger partial charge in [-0.2, -0.15) is 0 Å². The number of piperidine rings is 2. The highest BCUT2D eigenvalue weighted by molar-refractivity contribution is 6.05. The van der Waals surface area contributed by atoms with Crippen LogP contribution in [0.3, 0.4) is 0 Å². The first kappa shape index (κ1) is 36.4. The van der Waals surface area contributed by atoms with Crippen molar-refractivity contribution in [2.45, 2.75) is 63.8 Å². The molecule has 9 rings (SSSR count). The second-order valence-electron chi connectivity index (χ2n) is 16.1. The fraction of sp³-hybridized carbons (Fsp3) is 0.400. The van der Waals surface area contributed by atoms with Crippen molar-refractivity contribution < 1.29 is 28.6 Å². The Morgan fingerprint density at radius 1 is 0.804 bits per heavy atom. The summed E-state index contributed by atoms with van der Waals surface area (Å²) in [5, 5.41) is 12.6. The van der Waals surface area contributed by atoms with Crippen molar-refractivity contribution in [1.82, 2.24) is 15.1 Å². The normalized spacial score (nSPS) is 23.3. The van der Waals surface area contributed by atoms with Crippen LogP contribution in [0.15, 0.2) is 78.9 Å². The molecule has 0 unspecified atom stereocenters. The van der Waals surface area contributed by atoms with Crippen molar-refractivity contribution in [3.63, 3.8) is 0 Å². The van der Waals surface area contributed by atoms with E-state index in [0.717, 1.165) is 92.2 Å². The first-order chi connectivity index (χ1) is 27.2. The molecule has 5 aliphatic rings. The molecule has 2 N–H and O–H groups in total. The van der Waals surface area contributed by atoms with Gasteiger partial charge in [0.1, 0.15) is 17.6 Å². The Hall–Kier alpha value is -5.26. The predicted octanol–water partition coefficient (Wildman–Crippen LogP) is 6.04. The largest absolute Gasteiger partial charge is 0.508 e. The van der Waals surface area contributed by atoms with Crippen LogP contribution in [0, 0.1) is 18.7 Å². The predicted molar refractivity (Wildman–Crippen MR) is 211 cm³/mol. The smallest absolute Gasteiger partial charge is 0.255 e. The molecule has 56 heavy (non-hydrogen) atoms. The molecule has 3 saturated heterocycles. The van der Waals surface area contributed by atoms with Gasteiger partial charge in [0.05, 0.1) is 12.7 Å². The van der Waals surface area contributed by atoms with E-state index in [-0.39, 0.29) is 47.7 Å². The van der Waals surface area contributed by atoms with Gasteiger partial charge in [-0.15, -0.1) is 0 Å². The maximum absolute atomic E-state index is 14.7. The minimum absolute atomic E-state index is 0.136. The summed E-state index contributed by atoms with van der Waals surface area (Å²) in [6.07, 6.45) is 2.55. The van der Waals surface area contributed by atoms with Gasteiger partial charge in [-0.1, -0.05) is 30.3 Å². The quantitative estimate of drug-likeness (QED) is 0.220. The third-order valence-corrected chi connectivity index (χ3v) is 12.8. The van der Waals surface area contributed by atoms with Crippen LogP contribution in [-0.2, 0) is 27.5 Å². The summed E-state index contributed by atoms with van der Waals surface area (Å²) in [5.41, 5.74) is 8.51.